The molecule has 0 N–H and O–H groups in total. The van der Waals surface area contributed by atoms with Gasteiger partial charge in [0.05, 0.1) is 11.3 Å². The number of rotatable bonds is 5. The lowest BCUT2D eigenvalue weighted by molar-refractivity contribution is -0.137. The van der Waals surface area contributed by atoms with Gasteiger partial charge in [-0.25, -0.2) is 0 Å². The predicted octanol–water partition coefficient (Wildman–Crippen LogP) is 6.89. The van der Waals surface area contributed by atoms with Crippen molar-refractivity contribution >= 4 is 23.4 Å². The maximum Gasteiger partial charge on any atom is 0.416 e. The highest BCUT2D eigenvalue weighted by Crippen LogP contribution is 2.31. The van der Waals surface area contributed by atoms with Crippen molar-refractivity contribution < 1.29 is 13.2 Å². The van der Waals surface area contributed by atoms with Crippen LogP contribution in [0.2, 0.25) is 5.02 Å². The highest BCUT2D eigenvalue weighted by Gasteiger charge is 2.31. The maximum atomic E-state index is 13.1. The van der Waals surface area contributed by atoms with Crippen molar-refractivity contribution in [2.45, 2.75) is 33.4 Å². The molecule has 1 nitrogen and oxygen atoms in total. The molecular weight excluding hydrogens is 359 g/mol. The van der Waals surface area contributed by atoms with Gasteiger partial charge in [-0.3, -0.25) is 4.99 Å². The minimum atomic E-state index is -4.38. The standard InChI is InChI=1S/C21H21ClF3N/c1-4-11-26-20(10-7-16-6-9-19(22)15(3)12-16)18-13-17(21(23,24)25)8-5-14(18)2/h5-10,12-13H,4,11H2,1-3H3/b10-7+,26-20?. The van der Waals surface area contributed by atoms with Gasteiger partial charge in [0.1, 0.15) is 0 Å². The molecule has 0 amide bonds. The van der Waals surface area contributed by atoms with Gasteiger partial charge in [-0.2, -0.15) is 13.2 Å². The molecule has 0 aromatic heterocycles. The first-order valence-corrected chi connectivity index (χ1v) is 8.77. The van der Waals surface area contributed by atoms with E-state index in [1.54, 1.807) is 19.1 Å². The molecule has 0 spiro atoms. The number of aliphatic imine (C=N–C) groups is 1. The van der Waals surface area contributed by atoms with Crippen molar-refractivity contribution in [1.82, 2.24) is 0 Å². The number of halogens is 4. The maximum absolute atomic E-state index is 13.1. The number of aryl methyl sites for hydroxylation is 2. The van der Waals surface area contributed by atoms with Crippen LogP contribution >= 0.6 is 11.6 Å². The Morgan fingerprint density at radius 1 is 1.08 bits per heavy atom. The lowest BCUT2D eigenvalue weighted by atomic mass is 9.99. The molecule has 0 saturated carbocycles. The van der Waals surface area contributed by atoms with Crippen LogP contribution < -0.4 is 0 Å². The highest BCUT2D eigenvalue weighted by molar-refractivity contribution is 6.31. The van der Waals surface area contributed by atoms with Crippen LogP contribution in [0.4, 0.5) is 13.2 Å². The summed E-state index contributed by atoms with van der Waals surface area (Å²) in [7, 11) is 0. The number of nitrogens with zero attached hydrogens (tertiary/aromatic N) is 1. The van der Waals surface area contributed by atoms with Crippen LogP contribution in [-0.4, -0.2) is 12.3 Å². The zero-order valence-electron chi connectivity index (χ0n) is 15.0. The Bertz CT molecular complexity index is 836. The molecule has 0 radical (unpaired) electrons. The fourth-order valence-corrected chi connectivity index (χ4v) is 2.60. The second-order valence-corrected chi connectivity index (χ2v) is 6.54. The van der Waals surface area contributed by atoms with Crippen LogP contribution in [0.5, 0.6) is 0 Å². The summed E-state index contributed by atoms with van der Waals surface area (Å²) in [6.45, 7) is 6.22. The van der Waals surface area contributed by atoms with Gasteiger partial charge in [-0.05, 0) is 61.2 Å². The van der Waals surface area contributed by atoms with Crippen molar-refractivity contribution in [3.8, 4) is 0 Å². The monoisotopic (exact) mass is 379 g/mol. The van der Waals surface area contributed by atoms with Gasteiger partial charge in [-0.1, -0.05) is 42.8 Å². The van der Waals surface area contributed by atoms with Crippen LogP contribution in [0, 0.1) is 13.8 Å². The first kappa shape index (κ1) is 20.2. The Morgan fingerprint density at radius 2 is 1.81 bits per heavy atom. The molecule has 0 unspecified atom stereocenters. The molecule has 26 heavy (non-hydrogen) atoms. The van der Waals surface area contributed by atoms with Gasteiger partial charge >= 0.3 is 6.18 Å². The molecule has 0 fully saturated rings. The van der Waals surface area contributed by atoms with Crippen LogP contribution in [0.1, 0.15) is 41.2 Å². The van der Waals surface area contributed by atoms with E-state index in [9.17, 15) is 13.2 Å². The number of benzene rings is 2. The van der Waals surface area contributed by atoms with Crippen molar-refractivity contribution in [2.75, 3.05) is 6.54 Å². The Kier molecular flexibility index (Phi) is 6.65. The molecule has 138 valence electrons. The van der Waals surface area contributed by atoms with Gasteiger partial charge < -0.3 is 0 Å². The molecule has 2 aromatic carbocycles. The van der Waals surface area contributed by atoms with E-state index in [4.69, 9.17) is 11.6 Å². The van der Waals surface area contributed by atoms with E-state index >= 15 is 0 Å². The summed E-state index contributed by atoms with van der Waals surface area (Å²) in [5, 5.41) is 0.677. The molecule has 5 heteroatoms. The van der Waals surface area contributed by atoms with Crippen molar-refractivity contribution in [2.24, 2.45) is 4.99 Å². The van der Waals surface area contributed by atoms with E-state index in [0.717, 1.165) is 29.2 Å². The van der Waals surface area contributed by atoms with E-state index in [0.29, 0.717) is 22.8 Å². The molecule has 0 heterocycles. The summed E-state index contributed by atoms with van der Waals surface area (Å²) in [6, 6.07) is 9.34. The molecule has 0 aliphatic carbocycles. The number of allylic oxidation sites excluding steroid dienone is 1. The van der Waals surface area contributed by atoms with Crippen molar-refractivity contribution in [3.05, 3.63) is 75.3 Å². The van der Waals surface area contributed by atoms with Crippen molar-refractivity contribution in [3.63, 3.8) is 0 Å². The van der Waals surface area contributed by atoms with Crippen LogP contribution in [0.3, 0.4) is 0 Å². The van der Waals surface area contributed by atoms with Crippen LogP contribution in [-0.2, 0) is 6.18 Å². The molecule has 2 rings (SSSR count). The minimum Gasteiger partial charge on any atom is -0.285 e. The SMILES string of the molecule is CCCN=C(/C=C/c1ccc(Cl)c(C)c1)c1cc(C(F)(F)F)ccc1C. The summed E-state index contributed by atoms with van der Waals surface area (Å²) >= 11 is 6.03. The fraction of sp³-hybridized carbons (Fsp3) is 0.286. The van der Waals surface area contributed by atoms with Crippen LogP contribution in [0.25, 0.3) is 6.08 Å². The van der Waals surface area contributed by atoms with Crippen LogP contribution in [0.15, 0.2) is 47.5 Å². The first-order valence-electron chi connectivity index (χ1n) is 8.39. The predicted molar refractivity (Wildman–Crippen MR) is 103 cm³/mol. The molecule has 0 aliphatic rings. The third-order valence-electron chi connectivity index (χ3n) is 3.96. The Morgan fingerprint density at radius 3 is 2.42 bits per heavy atom. The summed E-state index contributed by atoms with van der Waals surface area (Å²) in [5.41, 5.74) is 2.98. The second kappa shape index (κ2) is 8.54. The van der Waals surface area contributed by atoms with Crippen molar-refractivity contribution in [1.29, 1.82) is 0 Å². The summed E-state index contributed by atoms with van der Waals surface area (Å²) in [4.78, 5) is 4.49. The summed E-state index contributed by atoms with van der Waals surface area (Å²) < 4.78 is 39.2. The smallest absolute Gasteiger partial charge is 0.285 e. The fourth-order valence-electron chi connectivity index (χ4n) is 2.48. The number of alkyl halides is 3. The van der Waals surface area contributed by atoms with E-state index in [1.807, 2.05) is 32.1 Å². The molecule has 0 bridgehead atoms. The first-order chi connectivity index (χ1) is 12.2. The summed E-state index contributed by atoms with van der Waals surface area (Å²) in [5.74, 6) is 0. The van der Waals surface area contributed by atoms with Gasteiger partial charge in [0, 0.05) is 17.1 Å². The van der Waals surface area contributed by atoms with E-state index in [-0.39, 0.29) is 0 Å². The van der Waals surface area contributed by atoms with E-state index in [1.165, 1.54) is 12.1 Å². The Hall–Kier alpha value is -2.07. The van der Waals surface area contributed by atoms with Gasteiger partial charge in [0.15, 0.2) is 0 Å². The average Bonchev–Trinajstić information content (AvgIpc) is 2.58. The Balaban J connectivity index is 2.45. The third kappa shape index (κ3) is 5.21. The minimum absolute atomic E-state index is 0.496. The quantitative estimate of drug-likeness (QED) is 0.501. The largest absolute Gasteiger partial charge is 0.416 e. The van der Waals surface area contributed by atoms with Gasteiger partial charge in [-0.15, -0.1) is 0 Å². The molecule has 0 saturated heterocycles. The lowest BCUT2D eigenvalue weighted by Crippen LogP contribution is -2.09. The third-order valence-corrected chi connectivity index (χ3v) is 4.39. The topological polar surface area (TPSA) is 12.4 Å². The number of hydrogen-bond donors (Lipinski definition) is 0. The zero-order valence-corrected chi connectivity index (χ0v) is 15.7. The van der Waals surface area contributed by atoms with Gasteiger partial charge in [0.25, 0.3) is 0 Å². The van der Waals surface area contributed by atoms with Gasteiger partial charge in [0.2, 0.25) is 0 Å². The molecule has 2 aromatic rings. The number of hydrogen-bond acceptors (Lipinski definition) is 1. The Labute approximate surface area is 157 Å². The highest BCUT2D eigenvalue weighted by atomic mass is 35.5. The average molecular weight is 380 g/mol. The molecule has 0 aliphatic heterocycles. The zero-order chi connectivity index (χ0) is 19.3. The molecular formula is C21H21ClF3N. The van der Waals surface area contributed by atoms with E-state index < -0.39 is 11.7 Å². The normalized spacial score (nSPS) is 12.8. The lowest BCUT2D eigenvalue weighted by Gasteiger charge is -2.12. The second-order valence-electron chi connectivity index (χ2n) is 6.14. The van der Waals surface area contributed by atoms with E-state index in [2.05, 4.69) is 4.99 Å². The summed E-state index contributed by atoms with van der Waals surface area (Å²) in [6.07, 6.45) is 0.0447. The molecule has 0 atom stereocenters.